The Morgan fingerprint density at radius 1 is 1.16 bits per heavy atom. The van der Waals surface area contributed by atoms with Gasteiger partial charge in [-0.25, -0.2) is 0 Å². The van der Waals surface area contributed by atoms with Crippen molar-refractivity contribution in [3.05, 3.63) is 57.5 Å². The average Bonchev–Trinajstić information content (AvgIpc) is 2.40. The third-order valence-electron chi connectivity index (χ3n) is 2.64. The predicted molar refractivity (Wildman–Crippen MR) is 87.1 cm³/mol. The number of benzene rings is 2. The largest absolute Gasteiger partial charge is 0.313 e. The average molecular weight is 357 g/mol. The van der Waals surface area contributed by atoms with Crippen molar-refractivity contribution in [3.63, 3.8) is 0 Å². The van der Waals surface area contributed by atoms with Gasteiger partial charge < -0.3 is 5.32 Å². The van der Waals surface area contributed by atoms with Crippen LogP contribution in [0.3, 0.4) is 0 Å². The van der Waals surface area contributed by atoms with E-state index >= 15 is 0 Å². The molecule has 0 aliphatic carbocycles. The molecule has 0 aromatic heterocycles. The smallest absolute Gasteiger partial charge is 0.0406 e. The van der Waals surface area contributed by atoms with Gasteiger partial charge in [0.15, 0.2) is 0 Å². The summed E-state index contributed by atoms with van der Waals surface area (Å²) in [6, 6.07) is 14.3. The zero-order valence-corrected chi connectivity index (χ0v) is 13.8. The molecular weight excluding hydrogens is 342 g/mol. The number of nitrogens with one attached hydrogen (secondary N) is 1. The summed E-state index contributed by atoms with van der Waals surface area (Å²) in [5.41, 5.74) is 1.31. The lowest BCUT2D eigenvalue weighted by Crippen LogP contribution is -2.12. The molecule has 19 heavy (non-hydrogen) atoms. The maximum Gasteiger partial charge on any atom is 0.0406 e. The molecule has 2 aromatic rings. The second-order valence-corrected chi connectivity index (χ2v) is 6.56. The van der Waals surface area contributed by atoms with Crippen LogP contribution in [-0.2, 0) is 6.54 Å². The quantitative estimate of drug-likeness (QED) is 0.773. The maximum atomic E-state index is 5.91. The third kappa shape index (κ3) is 4.53. The van der Waals surface area contributed by atoms with Gasteiger partial charge >= 0.3 is 0 Å². The first kappa shape index (κ1) is 14.9. The molecule has 0 bridgehead atoms. The first-order valence-corrected chi connectivity index (χ1v) is 8.10. The third-order valence-corrected chi connectivity index (χ3v) is 4.49. The Balaban J connectivity index is 2.22. The van der Waals surface area contributed by atoms with Gasteiger partial charge in [0.25, 0.3) is 0 Å². The van der Waals surface area contributed by atoms with Gasteiger partial charge in [-0.05, 0) is 48.5 Å². The highest BCUT2D eigenvalue weighted by atomic mass is 79.9. The van der Waals surface area contributed by atoms with Gasteiger partial charge in [-0.2, -0.15) is 0 Å². The van der Waals surface area contributed by atoms with Gasteiger partial charge in [0, 0.05) is 25.8 Å². The molecule has 0 radical (unpaired) electrons. The van der Waals surface area contributed by atoms with Gasteiger partial charge in [0.1, 0.15) is 0 Å². The van der Waals surface area contributed by atoms with Crippen molar-refractivity contribution in [2.24, 2.45) is 0 Å². The molecule has 0 amide bonds. The Bertz CT molecular complexity index is 542. The Labute approximate surface area is 131 Å². The molecule has 4 heteroatoms. The topological polar surface area (TPSA) is 12.0 Å². The first-order chi connectivity index (χ1) is 9.19. The molecule has 0 fully saturated rings. The van der Waals surface area contributed by atoms with Crippen LogP contribution in [0.15, 0.2) is 56.7 Å². The molecule has 0 aliphatic rings. The Hall–Kier alpha value is -0.480. The van der Waals surface area contributed by atoms with Crippen LogP contribution in [0.1, 0.15) is 12.5 Å². The van der Waals surface area contributed by atoms with Crippen molar-refractivity contribution in [3.8, 4) is 0 Å². The lowest BCUT2D eigenvalue weighted by molar-refractivity contribution is 0.718. The molecule has 0 atom stereocenters. The summed E-state index contributed by atoms with van der Waals surface area (Å²) >= 11 is 11.2. The highest BCUT2D eigenvalue weighted by Gasteiger charge is 2.05. The van der Waals surface area contributed by atoms with E-state index in [2.05, 4.69) is 46.4 Å². The first-order valence-electron chi connectivity index (χ1n) is 6.11. The van der Waals surface area contributed by atoms with Crippen molar-refractivity contribution in [2.45, 2.75) is 23.3 Å². The SMILES string of the molecule is CCNCc1ccc(Br)cc1Sc1ccc(Cl)cc1. The number of halogens is 2. The molecule has 0 unspecified atom stereocenters. The molecule has 1 N–H and O–H groups in total. The van der Waals surface area contributed by atoms with E-state index < -0.39 is 0 Å². The van der Waals surface area contributed by atoms with Crippen LogP contribution in [0.4, 0.5) is 0 Å². The monoisotopic (exact) mass is 355 g/mol. The minimum absolute atomic E-state index is 0.770. The summed E-state index contributed by atoms with van der Waals surface area (Å²) in [5.74, 6) is 0. The van der Waals surface area contributed by atoms with E-state index in [-0.39, 0.29) is 0 Å². The fourth-order valence-corrected chi connectivity index (χ4v) is 3.28. The van der Waals surface area contributed by atoms with E-state index in [0.717, 1.165) is 22.6 Å². The lowest BCUT2D eigenvalue weighted by atomic mass is 10.2. The second-order valence-electron chi connectivity index (χ2n) is 4.09. The summed E-state index contributed by atoms with van der Waals surface area (Å²) in [5, 5.41) is 4.14. The Morgan fingerprint density at radius 3 is 2.58 bits per heavy atom. The van der Waals surface area contributed by atoms with Gasteiger partial charge in [-0.1, -0.05) is 52.3 Å². The number of rotatable bonds is 5. The maximum absolute atomic E-state index is 5.91. The van der Waals surface area contributed by atoms with Crippen LogP contribution in [0.5, 0.6) is 0 Å². The van der Waals surface area contributed by atoms with Crippen LogP contribution >= 0.6 is 39.3 Å². The number of hydrogen-bond acceptors (Lipinski definition) is 2. The van der Waals surface area contributed by atoms with E-state index in [1.807, 2.05) is 24.3 Å². The molecule has 2 rings (SSSR count). The molecule has 0 saturated heterocycles. The van der Waals surface area contributed by atoms with Crippen LogP contribution in [0.2, 0.25) is 5.02 Å². The zero-order valence-electron chi connectivity index (χ0n) is 10.6. The molecular formula is C15H15BrClNS. The van der Waals surface area contributed by atoms with E-state index in [9.17, 15) is 0 Å². The summed E-state index contributed by atoms with van der Waals surface area (Å²) in [6.07, 6.45) is 0. The minimum atomic E-state index is 0.770. The Kier molecular flexibility index (Phi) is 5.76. The van der Waals surface area contributed by atoms with Crippen LogP contribution < -0.4 is 5.32 Å². The van der Waals surface area contributed by atoms with Crippen molar-refractivity contribution < 1.29 is 0 Å². The van der Waals surface area contributed by atoms with Crippen LogP contribution in [0, 0.1) is 0 Å². The van der Waals surface area contributed by atoms with Crippen molar-refractivity contribution in [2.75, 3.05) is 6.54 Å². The fraction of sp³-hybridized carbons (Fsp3) is 0.200. The second kappa shape index (κ2) is 7.34. The summed E-state index contributed by atoms with van der Waals surface area (Å²) < 4.78 is 1.10. The van der Waals surface area contributed by atoms with E-state index in [1.165, 1.54) is 15.4 Å². The normalized spacial score (nSPS) is 10.7. The zero-order chi connectivity index (χ0) is 13.7. The molecule has 0 spiro atoms. The standard InChI is InChI=1S/C15H15BrClNS/c1-2-18-10-11-3-4-12(16)9-15(11)19-14-7-5-13(17)6-8-14/h3-9,18H,2,10H2,1H3. The van der Waals surface area contributed by atoms with Crippen molar-refractivity contribution >= 4 is 39.3 Å². The van der Waals surface area contributed by atoms with Crippen molar-refractivity contribution in [1.82, 2.24) is 5.32 Å². The molecule has 2 aromatic carbocycles. The van der Waals surface area contributed by atoms with Crippen LogP contribution in [-0.4, -0.2) is 6.54 Å². The summed E-state index contributed by atoms with van der Waals surface area (Å²) in [6.45, 7) is 3.98. The van der Waals surface area contributed by atoms with Gasteiger partial charge in [0.05, 0.1) is 0 Å². The van der Waals surface area contributed by atoms with Gasteiger partial charge in [-0.15, -0.1) is 0 Å². The molecule has 0 heterocycles. The molecule has 1 nitrogen and oxygen atoms in total. The highest BCUT2D eigenvalue weighted by Crippen LogP contribution is 2.33. The van der Waals surface area contributed by atoms with Gasteiger partial charge in [0.2, 0.25) is 0 Å². The highest BCUT2D eigenvalue weighted by molar-refractivity contribution is 9.10. The van der Waals surface area contributed by atoms with E-state index in [4.69, 9.17) is 11.6 Å². The minimum Gasteiger partial charge on any atom is -0.313 e. The Morgan fingerprint density at radius 2 is 1.89 bits per heavy atom. The predicted octanol–water partition coefficient (Wildman–Crippen LogP) is 5.36. The van der Waals surface area contributed by atoms with Crippen LogP contribution in [0.25, 0.3) is 0 Å². The summed E-state index contributed by atoms with van der Waals surface area (Å²) in [7, 11) is 0. The fourth-order valence-electron chi connectivity index (χ4n) is 1.66. The molecule has 0 aliphatic heterocycles. The van der Waals surface area contributed by atoms with E-state index in [1.54, 1.807) is 11.8 Å². The van der Waals surface area contributed by atoms with E-state index in [0.29, 0.717) is 0 Å². The summed E-state index contributed by atoms with van der Waals surface area (Å²) in [4.78, 5) is 2.46. The van der Waals surface area contributed by atoms with Gasteiger partial charge in [-0.3, -0.25) is 0 Å². The lowest BCUT2D eigenvalue weighted by Gasteiger charge is -2.10. The van der Waals surface area contributed by atoms with Crippen molar-refractivity contribution in [1.29, 1.82) is 0 Å². The number of hydrogen-bond donors (Lipinski definition) is 1. The molecule has 100 valence electrons. The molecule has 0 saturated carbocycles.